The molecule has 45 heavy (non-hydrogen) atoms. The van der Waals surface area contributed by atoms with Crippen molar-refractivity contribution in [2.75, 3.05) is 31.6 Å². The number of nitrogens with zero attached hydrogens (tertiary/aromatic N) is 7. The van der Waals surface area contributed by atoms with E-state index in [0.29, 0.717) is 59.2 Å². The Morgan fingerprint density at radius 1 is 1.07 bits per heavy atom. The maximum atomic E-state index is 13.7. The number of anilines is 2. The number of aryl methyl sites for hydroxylation is 3. The van der Waals surface area contributed by atoms with Crippen LogP contribution < -0.4 is 16.4 Å². The molecule has 5 aromatic rings. The van der Waals surface area contributed by atoms with Crippen molar-refractivity contribution in [1.82, 2.24) is 34.4 Å². The Labute approximate surface area is 260 Å². The summed E-state index contributed by atoms with van der Waals surface area (Å²) in [7, 11) is 1.52. The van der Waals surface area contributed by atoms with Crippen LogP contribution in [-0.2, 0) is 31.2 Å². The number of thiophene rings is 1. The van der Waals surface area contributed by atoms with Gasteiger partial charge in [-0.25, -0.2) is 14.6 Å². The molecular formula is C31H30N8O5S. The second kappa shape index (κ2) is 12.0. The topological polar surface area (TPSA) is 157 Å². The molecule has 1 aliphatic carbocycles. The van der Waals surface area contributed by atoms with Crippen LogP contribution in [0.1, 0.15) is 39.2 Å². The zero-order chi connectivity index (χ0) is 31.1. The number of aliphatic hydroxyl groups is 1. The highest BCUT2D eigenvalue weighted by atomic mass is 32.1. The Hall–Kier alpha value is -4.79. The van der Waals surface area contributed by atoms with Gasteiger partial charge in [0.2, 0.25) is 0 Å². The van der Waals surface area contributed by atoms with E-state index < -0.39 is 12.2 Å². The molecule has 0 bridgehead atoms. The van der Waals surface area contributed by atoms with Crippen LogP contribution in [0, 0.1) is 0 Å². The van der Waals surface area contributed by atoms with E-state index in [1.807, 2.05) is 0 Å². The number of fused-ring (bicyclic) bond motifs is 3. The second-order valence-corrected chi connectivity index (χ2v) is 12.1. The molecule has 0 unspecified atom stereocenters. The molecule has 5 aromatic heterocycles. The number of aromatic nitrogens is 6. The van der Waals surface area contributed by atoms with Gasteiger partial charge in [-0.15, -0.1) is 11.3 Å². The average Bonchev–Trinajstić information content (AvgIpc) is 3.47. The van der Waals surface area contributed by atoms with Gasteiger partial charge in [-0.05, 0) is 55.5 Å². The number of aliphatic hydroxyl groups excluding tert-OH is 1. The first-order valence-corrected chi connectivity index (χ1v) is 15.5. The molecule has 0 atom stereocenters. The van der Waals surface area contributed by atoms with E-state index in [1.165, 1.54) is 50.6 Å². The highest BCUT2D eigenvalue weighted by Gasteiger charge is 2.23. The van der Waals surface area contributed by atoms with Crippen molar-refractivity contribution >= 4 is 38.8 Å². The van der Waals surface area contributed by atoms with Gasteiger partial charge in [0.25, 0.3) is 17.0 Å². The molecule has 13 nitrogen and oxygen atoms in total. The fourth-order valence-corrected chi connectivity index (χ4v) is 7.16. The first-order valence-electron chi connectivity index (χ1n) is 14.7. The van der Waals surface area contributed by atoms with E-state index >= 15 is 0 Å². The number of nitrogens with one attached hydrogen (secondary N) is 1. The Morgan fingerprint density at radius 3 is 2.67 bits per heavy atom. The van der Waals surface area contributed by atoms with E-state index in [1.54, 1.807) is 35.4 Å². The van der Waals surface area contributed by atoms with E-state index in [-0.39, 0.29) is 23.0 Å². The molecule has 0 radical (unpaired) electrons. The summed E-state index contributed by atoms with van der Waals surface area (Å²) >= 11 is 1.51. The first-order chi connectivity index (χ1) is 21.9. The van der Waals surface area contributed by atoms with E-state index in [0.717, 1.165) is 31.1 Å². The third kappa shape index (κ3) is 5.30. The first kappa shape index (κ1) is 29.0. The number of ether oxygens (including phenoxy) is 1. The quantitative estimate of drug-likeness (QED) is 0.287. The fourth-order valence-electron chi connectivity index (χ4n) is 5.87. The highest BCUT2D eigenvalue weighted by molar-refractivity contribution is 7.19. The summed E-state index contributed by atoms with van der Waals surface area (Å²) in [5.74, 6) is 0.430. The number of hydrogen-bond donors (Lipinski definition) is 2. The van der Waals surface area contributed by atoms with E-state index in [2.05, 4.69) is 25.5 Å². The molecule has 1 aliphatic heterocycles. The van der Waals surface area contributed by atoms with E-state index in [4.69, 9.17) is 4.74 Å². The molecule has 230 valence electrons. The monoisotopic (exact) mass is 626 g/mol. The molecule has 0 saturated carbocycles. The summed E-state index contributed by atoms with van der Waals surface area (Å²) in [6, 6.07) is 6.52. The van der Waals surface area contributed by atoms with Gasteiger partial charge in [0.05, 0.1) is 37.3 Å². The number of carbonyl (C=O) groups excluding carboxylic acids is 1. The molecule has 6 heterocycles. The average molecular weight is 627 g/mol. The van der Waals surface area contributed by atoms with Crippen molar-refractivity contribution in [3.63, 3.8) is 0 Å². The SMILES string of the molecule is Cn1nc(-c2ccnc(-n3ncc4c5c(sc4c3=O)CCCC5)c2CO)cc(Nc2ccc(C(=O)N3CCOCC3)cn2)c1=O. The number of pyridine rings is 2. The lowest BCUT2D eigenvalue weighted by molar-refractivity contribution is 0.0302. The van der Waals surface area contributed by atoms with Crippen LogP contribution in [0.4, 0.5) is 11.5 Å². The van der Waals surface area contributed by atoms with Gasteiger partial charge in [0.15, 0.2) is 5.82 Å². The van der Waals surface area contributed by atoms with Crippen LogP contribution in [0.25, 0.3) is 27.2 Å². The predicted octanol–water partition coefficient (Wildman–Crippen LogP) is 2.58. The number of rotatable bonds is 6. The van der Waals surface area contributed by atoms with Gasteiger partial charge in [-0.1, -0.05) is 0 Å². The third-order valence-corrected chi connectivity index (χ3v) is 9.50. The molecule has 1 saturated heterocycles. The minimum atomic E-state index is -0.445. The van der Waals surface area contributed by atoms with Gasteiger partial charge in [-0.3, -0.25) is 14.4 Å². The maximum Gasteiger partial charge on any atom is 0.290 e. The summed E-state index contributed by atoms with van der Waals surface area (Å²) in [5.41, 5.74) is 2.34. The van der Waals surface area contributed by atoms with Gasteiger partial charge in [0.1, 0.15) is 16.2 Å². The summed E-state index contributed by atoms with van der Waals surface area (Å²) < 4.78 is 8.36. The lowest BCUT2D eigenvalue weighted by atomic mass is 9.97. The van der Waals surface area contributed by atoms with Gasteiger partial charge >= 0.3 is 0 Å². The lowest BCUT2D eigenvalue weighted by Crippen LogP contribution is -2.40. The van der Waals surface area contributed by atoms with Gasteiger partial charge < -0.3 is 20.1 Å². The lowest BCUT2D eigenvalue weighted by Gasteiger charge is -2.26. The largest absolute Gasteiger partial charge is 0.392 e. The summed E-state index contributed by atoms with van der Waals surface area (Å²) in [6.45, 7) is 1.61. The number of morpholine rings is 1. The van der Waals surface area contributed by atoms with Crippen molar-refractivity contribution in [1.29, 1.82) is 0 Å². The molecule has 1 fully saturated rings. The molecule has 14 heteroatoms. The van der Waals surface area contributed by atoms with Crippen LogP contribution in [0.2, 0.25) is 0 Å². The van der Waals surface area contributed by atoms with Crippen molar-refractivity contribution < 1.29 is 14.6 Å². The zero-order valence-corrected chi connectivity index (χ0v) is 25.3. The van der Waals surface area contributed by atoms with Crippen LogP contribution in [0.15, 0.2) is 52.4 Å². The van der Waals surface area contributed by atoms with Crippen LogP contribution in [0.5, 0.6) is 0 Å². The maximum absolute atomic E-state index is 13.7. The van der Waals surface area contributed by atoms with Crippen molar-refractivity contribution in [2.45, 2.75) is 32.3 Å². The van der Waals surface area contributed by atoms with Crippen LogP contribution in [-0.4, -0.2) is 71.7 Å². The van der Waals surface area contributed by atoms with E-state index in [9.17, 15) is 19.5 Å². The van der Waals surface area contributed by atoms with Crippen molar-refractivity contribution in [2.24, 2.45) is 7.05 Å². The van der Waals surface area contributed by atoms with Crippen LogP contribution >= 0.6 is 11.3 Å². The molecule has 0 spiro atoms. The number of hydrogen-bond acceptors (Lipinski definition) is 11. The predicted molar refractivity (Wildman–Crippen MR) is 168 cm³/mol. The Kier molecular flexibility index (Phi) is 7.69. The normalized spacial score (nSPS) is 14.8. The fraction of sp³-hybridized carbons (Fsp3) is 0.323. The minimum absolute atomic E-state index is 0.129. The summed E-state index contributed by atoms with van der Waals surface area (Å²) in [6.07, 6.45) is 8.82. The molecule has 0 aromatic carbocycles. The summed E-state index contributed by atoms with van der Waals surface area (Å²) in [5, 5.41) is 23.3. The Balaban J connectivity index is 1.22. The third-order valence-electron chi connectivity index (χ3n) is 8.20. The van der Waals surface area contributed by atoms with Crippen molar-refractivity contribution in [3.05, 3.63) is 85.1 Å². The minimum Gasteiger partial charge on any atom is -0.392 e. The van der Waals surface area contributed by atoms with Gasteiger partial charge in [-0.2, -0.15) is 14.9 Å². The second-order valence-electron chi connectivity index (χ2n) is 11.0. The smallest absolute Gasteiger partial charge is 0.290 e. The molecule has 2 N–H and O–H groups in total. The molecule has 2 aliphatic rings. The van der Waals surface area contributed by atoms with Crippen LogP contribution in [0.3, 0.4) is 0 Å². The summed E-state index contributed by atoms with van der Waals surface area (Å²) in [4.78, 5) is 51.2. The van der Waals surface area contributed by atoms with Crippen molar-refractivity contribution in [3.8, 4) is 17.1 Å². The molecule has 1 amide bonds. The van der Waals surface area contributed by atoms with Gasteiger partial charge in [0, 0.05) is 53.9 Å². The Morgan fingerprint density at radius 2 is 1.89 bits per heavy atom. The molecular weight excluding hydrogens is 596 g/mol. The zero-order valence-electron chi connectivity index (χ0n) is 24.5. The number of carbonyl (C=O) groups is 1. The highest BCUT2D eigenvalue weighted by Crippen LogP contribution is 2.35. The number of amides is 1. The standard InChI is InChI=1S/C31H30N8O5S/c1-37-30(42)24(35-26-7-6-18(15-33-26)29(41)38-10-12-44-13-11-38)14-23(36-37)19-8-9-32-28(22(19)17-40)39-31(43)27-21(16-34-39)20-4-2-3-5-25(20)45-27/h6-9,14-16,40H,2-5,10-13,17H2,1H3,(H,33,35). The molecule has 7 rings (SSSR count). The Bertz CT molecular complexity index is 2050.